The first kappa shape index (κ1) is 13.0. The summed E-state index contributed by atoms with van der Waals surface area (Å²) in [4.78, 5) is 0. The minimum atomic E-state index is 0.241. The number of rotatable bonds is 0. The predicted molar refractivity (Wildman–Crippen MR) is 65.9 cm³/mol. The van der Waals surface area contributed by atoms with Gasteiger partial charge in [-0.2, -0.15) is 0 Å². The molecule has 1 heterocycles. The van der Waals surface area contributed by atoms with Gasteiger partial charge in [0.15, 0.2) is 0 Å². The van der Waals surface area contributed by atoms with E-state index in [-0.39, 0.29) is 5.41 Å². The molecule has 4 unspecified atom stereocenters. The van der Waals surface area contributed by atoms with E-state index in [4.69, 9.17) is 4.74 Å². The Morgan fingerprint density at radius 1 is 0.933 bits per heavy atom. The lowest BCUT2D eigenvalue weighted by Crippen LogP contribution is -2.53. The van der Waals surface area contributed by atoms with Crippen molar-refractivity contribution in [1.29, 1.82) is 0 Å². The van der Waals surface area contributed by atoms with Gasteiger partial charge >= 0.3 is 0 Å². The molecule has 0 saturated carbocycles. The highest BCUT2D eigenvalue weighted by atomic mass is 16.5. The molecule has 0 aromatic carbocycles. The van der Waals surface area contributed by atoms with Crippen LogP contribution in [0.4, 0.5) is 0 Å². The molecule has 1 aliphatic heterocycles. The first-order valence-electron chi connectivity index (χ1n) is 6.24. The average Bonchev–Trinajstić information content (AvgIpc) is 2.07. The molecule has 0 spiro atoms. The quantitative estimate of drug-likeness (QED) is 0.587. The van der Waals surface area contributed by atoms with Crippen molar-refractivity contribution in [3.63, 3.8) is 0 Å². The molecule has 4 atom stereocenters. The van der Waals surface area contributed by atoms with Crippen molar-refractivity contribution in [2.75, 3.05) is 0 Å². The summed E-state index contributed by atoms with van der Waals surface area (Å²) >= 11 is 0. The molecule has 1 nitrogen and oxygen atoms in total. The van der Waals surface area contributed by atoms with E-state index in [0.29, 0.717) is 29.5 Å². The van der Waals surface area contributed by atoms with Gasteiger partial charge in [-0.25, -0.2) is 0 Å². The van der Waals surface area contributed by atoms with Gasteiger partial charge in [0, 0.05) is 0 Å². The minimum absolute atomic E-state index is 0.241. The van der Waals surface area contributed by atoms with Crippen LogP contribution in [0.5, 0.6) is 0 Å². The second-order valence-corrected chi connectivity index (χ2v) is 7.03. The van der Waals surface area contributed by atoms with Crippen molar-refractivity contribution in [1.82, 2.24) is 0 Å². The Kier molecular flexibility index (Phi) is 3.27. The maximum absolute atomic E-state index is 6.21. The molecule has 0 aliphatic carbocycles. The van der Waals surface area contributed by atoms with Crippen LogP contribution in [0.15, 0.2) is 0 Å². The topological polar surface area (TPSA) is 9.23 Å². The molecule has 0 bridgehead atoms. The maximum atomic E-state index is 6.21. The fourth-order valence-electron chi connectivity index (χ4n) is 2.83. The largest absolute Gasteiger partial charge is 0.374 e. The van der Waals surface area contributed by atoms with Crippen LogP contribution in [-0.2, 0) is 4.74 Å². The van der Waals surface area contributed by atoms with E-state index in [1.54, 1.807) is 0 Å². The highest BCUT2D eigenvalue weighted by molar-refractivity contribution is 4.96. The van der Waals surface area contributed by atoms with Crippen molar-refractivity contribution in [3.05, 3.63) is 0 Å². The van der Waals surface area contributed by atoms with Crippen molar-refractivity contribution in [2.45, 2.75) is 67.6 Å². The first-order chi connectivity index (χ1) is 6.58. The summed E-state index contributed by atoms with van der Waals surface area (Å²) in [6.07, 6.45) is 0.749. The Balaban J connectivity index is 2.97. The maximum Gasteiger partial charge on any atom is 0.0657 e. The van der Waals surface area contributed by atoms with Gasteiger partial charge in [0.25, 0.3) is 0 Å². The van der Waals surface area contributed by atoms with Gasteiger partial charge in [0.05, 0.1) is 12.2 Å². The highest BCUT2D eigenvalue weighted by Gasteiger charge is 2.48. The Morgan fingerprint density at radius 2 is 1.40 bits per heavy atom. The van der Waals surface area contributed by atoms with E-state index in [1.807, 2.05) is 0 Å². The van der Waals surface area contributed by atoms with E-state index in [1.165, 1.54) is 0 Å². The van der Waals surface area contributed by atoms with Crippen LogP contribution in [-0.4, -0.2) is 12.2 Å². The van der Waals surface area contributed by atoms with Gasteiger partial charge in [0.2, 0.25) is 0 Å². The molecule has 0 radical (unpaired) electrons. The van der Waals surface area contributed by atoms with E-state index in [2.05, 4.69) is 55.4 Å². The van der Waals surface area contributed by atoms with Crippen LogP contribution in [0.2, 0.25) is 0 Å². The normalized spacial score (nSPS) is 41.6. The van der Waals surface area contributed by atoms with Crippen LogP contribution in [0.25, 0.3) is 0 Å². The van der Waals surface area contributed by atoms with Crippen molar-refractivity contribution in [2.24, 2.45) is 22.7 Å². The van der Waals surface area contributed by atoms with Crippen LogP contribution in [0.3, 0.4) is 0 Å². The third kappa shape index (κ3) is 2.22. The molecule has 0 amide bonds. The summed E-state index contributed by atoms with van der Waals surface area (Å²) in [5, 5.41) is 0. The second-order valence-electron chi connectivity index (χ2n) is 7.03. The lowest BCUT2D eigenvalue weighted by Gasteiger charge is -2.53. The predicted octanol–water partition coefficient (Wildman–Crippen LogP) is 4.12. The average molecular weight is 212 g/mol. The van der Waals surface area contributed by atoms with Crippen LogP contribution >= 0.6 is 0 Å². The summed E-state index contributed by atoms with van der Waals surface area (Å²) in [5.41, 5.74) is 0.612. The highest BCUT2D eigenvalue weighted by Crippen LogP contribution is 2.48. The zero-order valence-electron chi connectivity index (χ0n) is 11.7. The number of ether oxygens (including phenoxy) is 1. The standard InChI is InChI=1S/C14H28O/c1-9-11(3)15-12(13(4,5)6)10(2)14(9,7)8/h9-12H,1-8H3. The van der Waals surface area contributed by atoms with Crippen molar-refractivity contribution >= 4 is 0 Å². The fourth-order valence-corrected chi connectivity index (χ4v) is 2.83. The van der Waals surface area contributed by atoms with Crippen LogP contribution < -0.4 is 0 Å². The van der Waals surface area contributed by atoms with Crippen LogP contribution in [0, 0.1) is 22.7 Å². The van der Waals surface area contributed by atoms with E-state index in [9.17, 15) is 0 Å². The Hall–Kier alpha value is -0.0400. The number of hydrogen-bond acceptors (Lipinski definition) is 1. The Morgan fingerprint density at radius 3 is 1.80 bits per heavy atom. The molecule has 1 aliphatic rings. The van der Waals surface area contributed by atoms with Gasteiger partial charge in [-0.15, -0.1) is 0 Å². The molecule has 0 N–H and O–H groups in total. The van der Waals surface area contributed by atoms with Gasteiger partial charge in [-0.3, -0.25) is 0 Å². The Bertz CT molecular complexity index is 224. The van der Waals surface area contributed by atoms with Gasteiger partial charge in [0.1, 0.15) is 0 Å². The second kappa shape index (κ2) is 3.76. The SMILES string of the molecule is CC1OC(C(C)(C)C)C(C)C(C)(C)C1C. The summed E-state index contributed by atoms with van der Waals surface area (Å²) in [6, 6.07) is 0. The fraction of sp³-hybridized carbons (Fsp3) is 1.00. The molecular weight excluding hydrogens is 184 g/mol. The third-order valence-corrected chi connectivity index (χ3v) is 4.72. The summed E-state index contributed by atoms with van der Waals surface area (Å²) < 4.78 is 6.21. The molecule has 1 rings (SSSR count). The molecule has 1 fully saturated rings. The first-order valence-corrected chi connectivity index (χ1v) is 6.24. The monoisotopic (exact) mass is 212 g/mol. The number of hydrogen-bond donors (Lipinski definition) is 0. The zero-order chi connectivity index (χ0) is 12.0. The van der Waals surface area contributed by atoms with Gasteiger partial charge in [-0.05, 0) is 29.6 Å². The summed E-state index contributed by atoms with van der Waals surface area (Å²) in [7, 11) is 0. The molecule has 0 aromatic rings. The molecule has 0 aromatic heterocycles. The lowest BCUT2D eigenvalue weighted by atomic mass is 9.61. The molecule has 90 valence electrons. The van der Waals surface area contributed by atoms with E-state index < -0.39 is 0 Å². The van der Waals surface area contributed by atoms with E-state index in [0.717, 1.165) is 0 Å². The Labute approximate surface area is 95.6 Å². The summed E-state index contributed by atoms with van der Waals surface area (Å²) in [6.45, 7) is 18.5. The third-order valence-electron chi connectivity index (χ3n) is 4.72. The molecule has 15 heavy (non-hydrogen) atoms. The van der Waals surface area contributed by atoms with Gasteiger partial charge < -0.3 is 4.74 Å². The smallest absolute Gasteiger partial charge is 0.0657 e. The lowest BCUT2D eigenvalue weighted by molar-refractivity contribution is -0.193. The van der Waals surface area contributed by atoms with Crippen molar-refractivity contribution in [3.8, 4) is 0 Å². The van der Waals surface area contributed by atoms with Gasteiger partial charge in [-0.1, -0.05) is 48.5 Å². The zero-order valence-corrected chi connectivity index (χ0v) is 11.7. The molecule has 1 saturated heterocycles. The molecule has 1 heteroatoms. The molecular formula is C14H28O. The summed E-state index contributed by atoms with van der Waals surface area (Å²) in [5.74, 6) is 1.25. The van der Waals surface area contributed by atoms with Crippen molar-refractivity contribution < 1.29 is 4.74 Å². The van der Waals surface area contributed by atoms with Crippen LogP contribution in [0.1, 0.15) is 55.4 Å². The minimum Gasteiger partial charge on any atom is -0.374 e. The van der Waals surface area contributed by atoms with E-state index >= 15 is 0 Å².